The van der Waals surface area contributed by atoms with Crippen molar-refractivity contribution >= 4 is 21.9 Å². The third kappa shape index (κ3) is 5.73. The molecule has 0 spiro atoms. The summed E-state index contributed by atoms with van der Waals surface area (Å²) in [4.78, 5) is 26.8. The maximum atomic E-state index is 12.9. The van der Waals surface area contributed by atoms with Gasteiger partial charge in [-0.25, -0.2) is 13.2 Å². The minimum Gasteiger partial charge on any atom is -0.452 e. The standard InChI is InChI=1S/C23H28N2O6S/c1-3-24(16-19-7-5-4-6-8-19)22(26)17-31-23(27)21-15-20(10-9-18(21)2)32(28,29)25-11-13-30-14-12-25/h4-10,15H,3,11-14,16-17H2,1-2H3. The molecule has 2 aromatic carbocycles. The van der Waals surface area contributed by atoms with E-state index in [1.807, 2.05) is 37.3 Å². The Morgan fingerprint density at radius 1 is 1.09 bits per heavy atom. The molecule has 0 saturated carbocycles. The fourth-order valence-electron chi connectivity index (χ4n) is 3.39. The van der Waals surface area contributed by atoms with Crippen LogP contribution >= 0.6 is 0 Å². The Morgan fingerprint density at radius 2 is 1.78 bits per heavy atom. The molecule has 1 aliphatic heterocycles. The molecule has 32 heavy (non-hydrogen) atoms. The van der Waals surface area contributed by atoms with Gasteiger partial charge in [-0.2, -0.15) is 4.31 Å². The second kappa shape index (κ2) is 10.7. The molecule has 8 nitrogen and oxygen atoms in total. The van der Waals surface area contributed by atoms with E-state index < -0.39 is 22.6 Å². The lowest BCUT2D eigenvalue weighted by Gasteiger charge is -2.26. The topological polar surface area (TPSA) is 93.2 Å². The Hall–Kier alpha value is -2.75. The summed E-state index contributed by atoms with van der Waals surface area (Å²) in [7, 11) is -3.75. The third-order valence-corrected chi connectivity index (χ3v) is 7.21. The molecule has 0 N–H and O–H groups in total. The van der Waals surface area contributed by atoms with Crippen LogP contribution in [0.1, 0.15) is 28.4 Å². The first-order chi connectivity index (χ1) is 15.3. The molecule has 1 heterocycles. The highest BCUT2D eigenvalue weighted by molar-refractivity contribution is 7.89. The molecule has 1 saturated heterocycles. The molecule has 9 heteroatoms. The molecular formula is C23H28N2O6S. The van der Waals surface area contributed by atoms with Crippen LogP contribution in [-0.2, 0) is 30.8 Å². The third-order valence-electron chi connectivity index (χ3n) is 5.31. The Labute approximate surface area is 188 Å². The van der Waals surface area contributed by atoms with E-state index in [0.29, 0.717) is 31.9 Å². The smallest absolute Gasteiger partial charge is 0.338 e. The van der Waals surface area contributed by atoms with Gasteiger partial charge in [-0.1, -0.05) is 36.4 Å². The molecule has 3 rings (SSSR count). The van der Waals surface area contributed by atoms with Crippen molar-refractivity contribution in [3.8, 4) is 0 Å². The van der Waals surface area contributed by atoms with Crippen LogP contribution in [0.15, 0.2) is 53.4 Å². The summed E-state index contributed by atoms with van der Waals surface area (Å²) in [6.07, 6.45) is 0. The summed E-state index contributed by atoms with van der Waals surface area (Å²) >= 11 is 0. The predicted octanol–water partition coefficient (Wildman–Crippen LogP) is 2.22. The number of sulfonamides is 1. The summed E-state index contributed by atoms with van der Waals surface area (Å²) in [6, 6.07) is 13.9. The maximum absolute atomic E-state index is 12.9. The van der Waals surface area contributed by atoms with E-state index in [1.165, 1.54) is 16.4 Å². The lowest BCUT2D eigenvalue weighted by molar-refractivity contribution is -0.134. The second-order valence-electron chi connectivity index (χ2n) is 7.46. The lowest BCUT2D eigenvalue weighted by Crippen LogP contribution is -2.40. The number of aryl methyl sites for hydroxylation is 1. The summed E-state index contributed by atoms with van der Waals surface area (Å²) < 4.78 is 37.6. The average molecular weight is 461 g/mol. The average Bonchev–Trinajstić information content (AvgIpc) is 2.82. The fraction of sp³-hybridized carbons (Fsp3) is 0.391. The Kier molecular flexibility index (Phi) is 8.00. The van der Waals surface area contributed by atoms with Gasteiger partial charge in [0.2, 0.25) is 10.0 Å². The molecule has 1 aliphatic rings. The molecule has 1 amide bonds. The Bertz CT molecular complexity index is 1050. The van der Waals surface area contributed by atoms with Crippen molar-refractivity contribution in [3.05, 3.63) is 65.2 Å². The largest absolute Gasteiger partial charge is 0.452 e. The molecule has 0 aromatic heterocycles. The van der Waals surface area contributed by atoms with E-state index >= 15 is 0 Å². The van der Waals surface area contributed by atoms with Gasteiger partial charge in [-0.3, -0.25) is 4.79 Å². The first-order valence-corrected chi connectivity index (χ1v) is 11.9. The van der Waals surface area contributed by atoms with Gasteiger partial charge in [0.05, 0.1) is 23.7 Å². The predicted molar refractivity (Wildman–Crippen MR) is 119 cm³/mol. The zero-order valence-electron chi connectivity index (χ0n) is 18.3. The van der Waals surface area contributed by atoms with Crippen molar-refractivity contribution in [3.63, 3.8) is 0 Å². The highest BCUT2D eigenvalue weighted by Gasteiger charge is 2.28. The van der Waals surface area contributed by atoms with E-state index in [2.05, 4.69) is 0 Å². The van der Waals surface area contributed by atoms with Gasteiger partial charge in [0.1, 0.15) is 0 Å². The number of carbonyl (C=O) groups is 2. The van der Waals surface area contributed by atoms with Gasteiger partial charge in [-0.15, -0.1) is 0 Å². The summed E-state index contributed by atoms with van der Waals surface area (Å²) in [5.74, 6) is -1.05. The van der Waals surface area contributed by atoms with Crippen molar-refractivity contribution < 1.29 is 27.5 Å². The van der Waals surface area contributed by atoms with Crippen LogP contribution < -0.4 is 0 Å². The SMILES string of the molecule is CCN(Cc1ccccc1)C(=O)COC(=O)c1cc(S(=O)(=O)N2CCOCC2)ccc1C. The normalized spacial score (nSPS) is 14.7. The number of morpholine rings is 1. The summed E-state index contributed by atoms with van der Waals surface area (Å²) in [5.41, 5.74) is 1.67. The number of likely N-dealkylation sites (N-methyl/N-ethyl adjacent to an activating group) is 1. The first-order valence-electron chi connectivity index (χ1n) is 10.5. The lowest BCUT2D eigenvalue weighted by atomic mass is 10.1. The zero-order chi connectivity index (χ0) is 23.1. The van der Waals surface area contributed by atoms with E-state index in [-0.39, 0.29) is 29.5 Å². The molecule has 1 fully saturated rings. The van der Waals surface area contributed by atoms with Crippen molar-refractivity contribution in [1.29, 1.82) is 0 Å². The number of esters is 1. The molecule has 172 valence electrons. The van der Waals surface area contributed by atoms with Gasteiger partial charge in [-0.05, 0) is 37.1 Å². The van der Waals surface area contributed by atoms with Gasteiger partial charge >= 0.3 is 5.97 Å². The molecule has 0 radical (unpaired) electrons. The van der Waals surface area contributed by atoms with E-state index in [0.717, 1.165) is 5.56 Å². The number of amides is 1. The molecule has 0 unspecified atom stereocenters. The number of ether oxygens (including phenoxy) is 2. The van der Waals surface area contributed by atoms with Crippen molar-refractivity contribution in [2.45, 2.75) is 25.3 Å². The number of nitrogens with zero attached hydrogens (tertiary/aromatic N) is 2. The number of hydrogen-bond acceptors (Lipinski definition) is 6. The van der Waals surface area contributed by atoms with E-state index in [4.69, 9.17) is 9.47 Å². The van der Waals surface area contributed by atoms with Crippen LogP contribution in [0.5, 0.6) is 0 Å². The fourth-order valence-corrected chi connectivity index (χ4v) is 4.83. The number of rotatable bonds is 8. The molecule has 0 atom stereocenters. The minimum atomic E-state index is -3.75. The van der Waals surface area contributed by atoms with Crippen molar-refractivity contribution in [2.75, 3.05) is 39.5 Å². The quantitative estimate of drug-likeness (QED) is 0.561. The van der Waals surface area contributed by atoms with Gasteiger partial charge in [0.25, 0.3) is 5.91 Å². The van der Waals surface area contributed by atoms with Gasteiger partial charge < -0.3 is 14.4 Å². The second-order valence-corrected chi connectivity index (χ2v) is 9.40. The summed E-state index contributed by atoms with van der Waals surface area (Å²) in [6.45, 7) is 5.20. The zero-order valence-corrected chi connectivity index (χ0v) is 19.1. The van der Waals surface area contributed by atoms with Gasteiger partial charge in [0, 0.05) is 26.2 Å². The van der Waals surface area contributed by atoms with Crippen molar-refractivity contribution in [1.82, 2.24) is 9.21 Å². The highest BCUT2D eigenvalue weighted by atomic mass is 32.2. The monoisotopic (exact) mass is 460 g/mol. The van der Waals surface area contributed by atoms with Crippen LogP contribution in [0.3, 0.4) is 0 Å². The van der Waals surface area contributed by atoms with Crippen LogP contribution in [0, 0.1) is 6.92 Å². The van der Waals surface area contributed by atoms with E-state index in [9.17, 15) is 18.0 Å². The van der Waals surface area contributed by atoms with Gasteiger partial charge in [0.15, 0.2) is 6.61 Å². The van der Waals surface area contributed by atoms with Crippen LogP contribution in [-0.4, -0.2) is 69.0 Å². The summed E-state index contributed by atoms with van der Waals surface area (Å²) in [5, 5.41) is 0. The van der Waals surface area contributed by atoms with Crippen LogP contribution in [0.25, 0.3) is 0 Å². The molecular weight excluding hydrogens is 432 g/mol. The minimum absolute atomic E-state index is 0.0162. The molecule has 0 aliphatic carbocycles. The Balaban J connectivity index is 1.68. The molecule has 2 aromatic rings. The first kappa shape index (κ1) is 23.9. The number of benzene rings is 2. The van der Waals surface area contributed by atoms with E-state index in [1.54, 1.807) is 17.9 Å². The Morgan fingerprint density at radius 3 is 2.44 bits per heavy atom. The number of carbonyl (C=O) groups excluding carboxylic acids is 2. The molecule has 0 bridgehead atoms. The number of hydrogen-bond donors (Lipinski definition) is 0. The maximum Gasteiger partial charge on any atom is 0.338 e. The van der Waals surface area contributed by atoms with Crippen LogP contribution in [0.2, 0.25) is 0 Å². The van der Waals surface area contributed by atoms with Crippen LogP contribution in [0.4, 0.5) is 0 Å². The highest BCUT2D eigenvalue weighted by Crippen LogP contribution is 2.21. The van der Waals surface area contributed by atoms with Crippen molar-refractivity contribution in [2.24, 2.45) is 0 Å².